The number of hydrogen-bond acceptors (Lipinski definition) is 2. The molecule has 1 atom stereocenters. The summed E-state index contributed by atoms with van der Waals surface area (Å²) >= 11 is 0. The summed E-state index contributed by atoms with van der Waals surface area (Å²) in [5, 5.41) is 3.54. The second-order valence-corrected chi connectivity index (χ2v) is 6.29. The van der Waals surface area contributed by atoms with Crippen LogP contribution in [0.25, 0.3) is 0 Å². The second-order valence-electron chi connectivity index (χ2n) is 6.29. The number of nitrogens with one attached hydrogen (secondary N) is 1. The maximum Gasteiger partial charge on any atom is 0.144 e. The zero-order valence-corrected chi connectivity index (χ0v) is 12.6. The lowest BCUT2D eigenvalue weighted by atomic mass is 9.85. The van der Waals surface area contributed by atoms with Crippen LogP contribution in [0.3, 0.4) is 0 Å². The molecule has 0 spiro atoms. The van der Waals surface area contributed by atoms with Gasteiger partial charge in [0.15, 0.2) is 0 Å². The van der Waals surface area contributed by atoms with E-state index in [0.717, 1.165) is 12.1 Å². The number of rotatable bonds is 3. The molecule has 0 radical (unpaired) electrons. The predicted molar refractivity (Wildman–Crippen MR) is 83.2 cm³/mol. The van der Waals surface area contributed by atoms with Gasteiger partial charge in [-0.25, -0.2) is 4.39 Å². The molecule has 2 nitrogen and oxygen atoms in total. The van der Waals surface area contributed by atoms with Gasteiger partial charge in [-0.1, -0.05) is 38.1 Å². The topological polar surface area (TPSA) is 21.3 Å². The normalized spacial score (nSPS) is 19.1. The van der Waals surface area contributed by atoms with Crippen molar-refractivity contribution >= 4 is 5.69 Å². The predicted octanol–water partition coefficient (Wildman–Crippen LogP) is 4.57. The van der Waals surface area contributed by atoms with Crippen LogP contribution in [0, 0.1) is 11.2 Å². The SMILES string of the molecule is COc1cc(F)ccc1NC1c2ccccc2CC1(C)C. The Morgan fingerprint density at radius 3 is 2.71 bits per heavy atom. The number of benzene rings is 2. The van der Waals surface area contributed by atoms with E-state index in [0.29, 0.717) is 5.75 Å². The average Bonchev–Trinajstić information content (AvgIpc) is 2.71. The molecule has 0 bridgehead atoms. The van der Waals surface area contributed by atoms with E-state index in [4.69, 9.17) is 4.74 Å². The Morgan fingerprint density at radius 1 is 1.19 bits per heavy atom. The minimum absolute atomic E-state index is 0.100. The summed E-state index contributed by atoms with van der Waals surface area (Å²) in [5.41, 5.74) is 3.62. The van der Waals surface area contributed by atoms with Gasteiger partial charge in [0.25, 0.3) is 0 Å². The molecule has 3 heteroatoms. The first-order chi connectivity index (χ1) is 10.0. The molecule has 2 aromatic carbocycles. The summed E-state index contributed by atoms with van der Waals surface area (Å²) in [6, 6.07) is 13.3. The third-order valence-electron chi connectivity index (χ3n) is 4.26. The Bertz CT molecular complexity index is 666. The molecule has 1 aliphatic carbocycles. The van der Waals surface area contributed by atoms with Crippen LogP contribution in [0.1, 0.15) is 31.0 Å². The summed E-state index contributed by atoms with van der Waals surface area (Å²) in [6.45, 7) is 4.50. The molecule has 21 heavy (non-hydrogen) atoms. The van der Waals surface area contributed by atoms with E-state index < -0.39 is 0 Å². The van der Waals surface area contributed by atoms with Crippen LogP contribution in [0.5, 0.6) is 5.75 Å². The minimum Gasteiger partial charge on any atom is -0.494 e. The van der Waals surface area contributed by atoms with E-state index in [1.807, 2.05) is 0 Å². The molecule has 1 unspecified atom stereocenters. The fourth-order valence-corrected chi connectivity index (χ4v) is 3.20. The zero-order chi connectivity index (χ0) is 15.0. The van der Waals surface area contributed by atoms with Gasteiger partial charge in [-0.05, 0) is 35.1 Å². The highest BCUT2D eigenvalue weighted by atomic mass is 19.1. The lowest BCUT2D eigenvalue weighted by Gasteiger charge is -2.30. The van der Waals surface area contributed by atoms with Gasteiger partial charge >= 0.3 is 0 Å². The van der Waals surface area contributed by atoms with Crippen molar-refractivity contribution in [1.82, 2.24) is 0 Å². The molecule has 0 fully saturated rings. The first kappa shape index (κ1) is 13.9. The molecule has 0 heterocycles. The summed E-state index contributed by atoms with van der Waals surface area (Å²) in [4.78, 5) is 0. The van der Waals surface area contributed by atoms with E-state index in [1.165, 1.54) is 23.3 Å². The monoisotopic (exact) mass is 285 g/mol. The van der Waals surface area contributed by atoms with Gasteiger partial charge in [-0.2, -0.15) is 0 Å². The van der Waals surface area contributed by atoms with Crippen LogP contribution in [0.4, 0.5) is 10.1 Å². The highest BCUT2D eigenvalue weighted by Gasteiger charge is 2.38. The van der Waals surface area contributed by atoms with E-state index in [9.17, 15) is 4.39 Å². The molecule has 0 amide bonds. The highest BCUT2D eigenvalue weighted by Crippen LogP contribution is 2.47. The molecule has 3 rings (SSSR count). The van der Waals surface area contributed by atoms with Gasteiger partial charge in [-0.15, -0.1) is 0 Å². The van der Waals surface area contributed by atoms with Crippen molar-refractivity contribution < 1.29 is 9.13 Å². The van der Waals surface area contributed by atoms with E-state index in [1.54, 1.807) is 13.2 Å². The van der Waals surface area contributed by atoms with Gasteiger partial charge in [0.05, 0.1) is 18.8 Å². The van der Waals surface area contributed by atoms with Crippen LogP contribution >= 0.6 is 0 Å². The number of halogens is 1. The fourth-order valence-electron chi connectivity index (χ4n) is 3.20. The molecular weight excluding hydrogens is 265 g/mol. The van der Waals surface area contributed by atoms with Crippen LogP contribution in [-0.4, -0.2) is 7.11 Å². The van der Waals surface area contributed by atoms with Crippen LogP contribution in [0.2, 0.25) is 0 Å². The molecule has 0 aromatic heterocycles. The maximum absolute atomic E-state index is 13.3. The van der Waals surface area contributed by atoms with Crippen molar-refractivity contribution in [1.29, 1.82) is 0 Å². The number of fused-ring (bicyclic) bond motifs is 1. The third kappa shape index (κ3) is 2.48. The Balaban J connectivity index is 1.97. The van der Waals surface area contributed by atoms with Gasteiger partial charge in [-0.3, -0.25) is 0 Å². The van der Waals surface area contributed by atoms with E-state index in [-0.39, 0.29) is 17.3 Å². The zero-order valence-electron chi connectivity index (χ0n) is 12.6. The second kappa shape index (κ2) is 5.06. The van der Waals surface area contributed by atoms with E-state index >= 15 is 0 Å². The third-order valence-corrected chi connectivity index (χ3v) is 4.26. The van der Waals surface area contributed by atoms with Crippen LogP contribution in [-0.2, 0) is 6.42 Å². The van der Waals surface area contributed by atoms with Crippen LogP contribution < -0.4 is 10.1 Å². The molecule has 2 aromatic rings. The van der Waals surface area contributed by atoms with Crippen molar-refractivity contribution in [2.24, 2.45) is 5.41 Å². The largest absolute Gasteiger partial charge is 0.494 e. The van der Waals surface area contributed by atoms with Crippen molar-refractivity contribution in [3.63, 3.8) is 0 Å². The smallest absolute Gasteiger partial charge is 0.144 e. The molecule has 110 valence electrons. The first-order valence-electron chi connectivity index (χ1n) is 7.19. The Kier molecular flexibility index (Phi) is 3.36. The lowest BCUT2D eigenvalue weighted by Crippen LogP contribution is -2.24. The molecular formula is C18H20FNO. The Morgan fingerprint density at radius 2 is 1.95 bits per heavy atom. The standard InChI is InChI=1S/C18H20FNO/c1-18(2)11-12-6-4-5-7-14(12)17(18)20-15-9-8-13(19)10-16(15)21-3/h4-10,17,20H,11H2,1-3H3. The van der Waals surface area contributed by atoms with Gasteiger partial charge in [0.1, 0.15) is 11.6 Å². The van der Waals surface area contributed by atoms with Crippen molar-refractivity contribution in [3.05, 3.63) is 59.4 Å². The fraction of sp³-hybridized carbons (Fsp3) is 0.333. The Labute approximate surface area is 125 Å². The lowest BCUT2D eigenvalue weighted by molar-refractivity contribution is 0.335. The first-order valence-corrected chi connectivity index (χ1v) is 7.19. The number of methoxy groups -OCH3 is 1. The average molecular weight is 285 g/mol. The molecule has 0 aliphatic heterocycles. The van der Waals surface area contributed by atoms with Gasteiger partial charge in [0, 0.05) is 6.07 Å². The van der Waals surface area contributed by atoms with Gasteiger partial charge in [0.2, 0.25) is 0 Å². The molecule has 1 aliphatic rings. The van der Waals surface area contributed by atoms with Crippen molar-refractivity contribution in [2.45, 2.75) is 26.3 Å². The Hall–Kier alpha value is -2.03. The van der Waals surface area contributed by atoms with Gasteiger partial charge < -0.3 is 10.1 Å². The van der Waals surface area contributed by atoms with Crippen molar-refractivity contribution in [3.8, 4) is 5.75 Å². The van der Waals surface area contributed by atoms with Crippen molar-refractivity contribution in [2.75, 3.05) is 12.4 Å². The minimum atomic E-state index is -0.288. The highest BCUT2D eigenvalue weighted by molar-refractivity contribution is 5.59. The summed E-state index contributed by atoms with van der Waals surface area (Å²) in [6.07, 6.45) is 1.03. The molecule has 0 saturated carbocycles. The summed E-state index contributed by atoms with van der Waals surface area (Å²) in [7, 11) is 1.56. The number of anilines is 1. The molecule has 1 N–H and O–H groups in total. The summed E-state index contributed by atoms with van der Waals surface area (Å²) < 4.78 is 18.6. The van der Waals surface area contributed by atoms with Crippen LogP contribution in [0.15, 0.2) is 42.5 Å². The van der Waals surface area contributed by atoms with E-state index in [2.05, 4.69) is 43.4 Å². The summed E-state index contributed by atoms with van der Waals surface area (Å²) in [5.74, 6) is 0.249. The molecule has 0 saturated heterocycles. The number of hydrogen-bond donors (Lipinski definition) is 1. The maximum atomic E-state index is 13.3. The quantitative estimate of drug-likeness (QED) is 0.892. The number of ether oxygens (including phenoxy) is 1.